The average molecular weight is 515 g/mol. The summed E-state index contributed by atoms with van der Waals surface area (Å²) in [4.78, 5) is 45.2. The lowest BCUT2D eigenvalue weighted by Gasteiger charge is -2.43. The first kappa shape index (κ1) is 25.4. The molecule has 2 saturated heterocycles. The highest BCUT2D eigenvalue weighted by molar-refractivity contribution is 5.97. The fraction of sp³-hybridized carbons (Fsp3) is 0.300. The van der Waals surface area contributed by atoms with Gasteiger partial charge in [-0.05, 0) is 55.7 Å². The molecule has 1 N–H and O–H groups in total. The Kier molecular flexibility index (Phi) is 7.13. The van der Waals surface area contributed by atoms with Crippen LogP contribution < -0.4 is 10.2 Å². The average Bonchev–Trinajstić information content (AvgIpc) is 3.20. The summed E-state index contributed by atoms with van der Waals surface area (Å²) >= 11 is 0. The number of halogens is 1. The quantitative estimate of drug-likeness (QED) is 0.540. The Morgan fingerprint density at radius 2 is 1.61 bits per heavy atom. The summed E-state index contributed by atoms with van der Waals surface area (Å²) in [5.74, 6) is -1.04. The van der Waals surface area contributed by atoms with Gasteiger partial charge in [-0.1, -0.05) is 54.6 Å². The number of piperidine rings is 1. The molecule has 0 saturated carbocycles. The Morgan fingerprint density at radius 1 is 0.947 bits per heavy atom. The van der Waals surface area contributed by atoms with E-state index in [2.05, 4.69) is 10.2 Å². The predicted molar refractivity (Wildman–Crippen MR) is 143 cm³/mol. The lowest BCUT2D eigenvalue weighted by molar-refractivity contribution is -0.137. The lowest BCUT2D eigenvalue weighted by Crippen LogP contribution is -2.57. The normalized spacial score (nSPS) is 17.5. The first-order chi connectivity index (χ1) is 18.4. The van der Waals surface area contributed by atoms with Crippen LogP contribution in [0.5, 0.6) is 0 Å². The minimum atomic E-state index is -0.856. The largest absolute Gasteiger partial charge is 0.348 e. The van der Waals surface area contributed by atoms with Crippen LogP contribution in [0.1, 0.15) is 41.7 Å². The predicted octanol–water partition coefficient (Wildman–Crippen LogP) is 3.98. The number of rotatable bonds is 6. The number of hydrogen-bond acceptors (Lipinski definition) is 4. The van der Waals surface area contributed by atoms with Crippen molar-refractivity contribution in [2.45, 2.75) is 31.3 Å². The van der Waals surface area contributed by atoms with Gasteiger partial charge in [-0.15, -0.1) is 0 Å². The second-order valence-corrected chi connectivity index (χ2v) is 9.94. The molecule has 0 aliphatic carbocycles. The molecule has 2 fully saturated rings. The number of carbonyl (C=O) groups is 3. The van der Waals surface area contributed by atoms with Crippen molar-refractivity contribution in [1.82, 2.24) is 15.1 Å². The second-order valence-electron chi connectivity index (χ2n) is 9.94. The minimum absolute atomic E-state index is 0.0486. The molecule has 8 heteroatoms. The van der Waals surface area contributed by atoms with E-state index in [1.807, 2.05) is 67.6 Å². The van der Waals surface area contributed by atoms with Crippen LogP contribution in [0.3, 0.4) is 0 Å². The van der Waals surface area contributed by atoms with Gasteiger partial charge in [-0.3, -0.25) is 14.4 Å². The number of anilines is 1. The van der Waals surface area contributed by atoms with Gasteiger partial charge in [0.05, 0.1) is 12.7 Å². The van der Waals surface area contributed by atoms with Crippen LogP contribution in [0.4, 0.5) is 10.1 Å². The number of carbonyl (C=O) groups excluding carboxylic acids is 3. The van der Waals surface area contributed by atoms with Gasteiger partial charge in [0.1, 0.15) is 17.9 Å². The van der Waals surface area contributed by atoms with Crippen molar-refractivity contribution in [3.8, 4) is 0 Å². The Labute approximate surface area is 221 Å². The molecule has 38 heavy (non-hydrogen) atoms. The number of nitrogens with one attached hydrogen (secondary N) is 1. The van der Waals surface area contributed by atoms with Crippen molar-refractivity contribution in [2.75, 3.05) is 31.2 Å². The van der Waals surface area contributed by atoms with E-state index < -0.39 is 11.4 Å². The van der Waals surface area contributed by atoms with Crippen molar-refractivity contribution < 1.29 is 18.8 Å². The first-order valence-corrected chi connectivity index (χ1v) is 12.9. The third kappa shape index (κ3) is 4.98. The van der Waals surface area contributed by atoms with Crippen LogP contribution in [-0.4, -0.2) is 59.4 Å². The molecule has 196 valence electrons. The summed E-state index contributed by atoms with van der Waals surface area (Å²) in [5, 5.41) is 3.00. The van der Waals surface area contributed by atoms with Gasteiger partial charge >= 0.3 is 0 Å². The highest BCUT2D eigenvalue weighted by Gasteiger charge is 2.54. The summed E-state index contributed by atoms with van der Waals surface area (Å²) in [7, 11) is 0. The second kappa shape index (κ2) is 10.7. The maximum Gasteiger partial charge on any atom is 0.253 e. The molecule has 7 nitrogen and oxygen atoms in total. The third-order valence-electron chi connectivity index (χ3n) is 7.54. The van der Waals surface area contributed by atoms with Gasteiger partial charge in [0.2, 0.25) is 5.91 Å². The van der Waals surface area contributed by atoms with E-state index in [4.69, 9.17) is 0 Å². The molecule has 0 aromatic heterocycles. The van der Waals surface area contributed by atoms with E-state index in [9.17, 15) is 18.8 Å². The SMILES string of the molecule is CC(NC(=O)CN1CN(c2ccccc2)C2(CCN(C(=O)c3cccc(F)c3)CC2)C1=O)c1ccccc1. The smallest absolute Gasteiger partial charge is 0.253 e. The maximum atomic E-state index is 13.9. The standard InChI is InChI=1S/C30H31FN4O3/c1-22(23-9-4-2-5-10-23)32-27(36)20-34-21-35(26-13-6-3-7-14-26)30(29(34)38)15-17-33(18-16-30)28(37)24-11-8-12-25(31)19-24/h2-14,19,22H,15-18,20-21H2,1H3,(H,32,36). The molecule has 1 atom stereocenters. The fourth-order valence-corrected chi connectivity index (χ4v) is 5.49. The summed E-state index contributed by atoms with van der Waals surface area (Å²) in [6.45, 7) is 2.87. The van der Waals surface area contributed by atoms with Gasteiger partial charge in [-0.25, -0.2) is 4.39 Å². The molecular formula is C30H31FN4O3. The van der Waals surface area contributed by atoms with E-state index >= 15 is 0 Å². The summed E-state index contributed by atoms with van der Waals surface area (Å²) in [6, 6.07) is 24.9. The van der Waals surface area contributed by atoms with Crippen LogP contribution in [0, 0.1) is 5.82 Å². The zero-order valence-corrected chi connectivity index (χ0v) is 21.3. The van der Waals surface area contributed by atoms with E-state index in [1.54, 1.807) is 15.9 Å². The van der Waals surface area contributed by atoms with E-state index in [1.165, 1.54) is 18.2 Å². The molecule has 5 rings (SSSR count). The summed E-state index contributed by atoms with van der Waals surface area (Å²) < 4.78 is 13.7. The van der Waals surface area contributed by atoms with Gasteiger partial charge in [0.15, 0.2) is 0 Å². The fourth-order valence-electron chi connectivity index (χ4n) is 5.49. The Morgan fingerprint density at radius 3 is 2.26 bits per heavy atom. The van der Waals surface area contributed by atoms with Crippen LogP contribution in [0.15, 0.2) is 84.9 Å². The van der Waals surface area contributed by atoms with Gasteiger partial charge in [-0.2, -0.15) is 0 Å². The van der Waals surface area contributed by atoms with Crippen LogP contribution in [0.2, 0.25) is 0 Å². The van der Waals surface area contributed by atoms with Crippen molar-refractivity contribution in [3.05, 3.63) is 102 Å². The molecule has 3 aromatic carbocycles. The topological polar surface area (TPSA) is 73.0 Å². The van der Waals surface area contributed by atoms with Crippen LogP contribution >= 0.6 is 0 Å². The highest BCUT2D eigenvalue weighted by atomic mass is 19.1. The Hall–Kier alpha value is -4.20. The molecule has 1 spiro atoms. The van der Waals surface area contributed by atoms with Crippen molar-refractivity contribution in [2.24, 2.45) is 0 Å². The van der Waals surface area contributed by atoms with Crippen molar-refractivity contribution in [3.63, 3.8) is 0 Å². The van der Waals surface area contributed by atoms with Crippen LogP contribution in [-0.2, 0) is 9.59 Å². The van der Waals surface area contributed by atoms with Gasteiger partial charge < -0.3 is 20.0 Å². The van der Waals surface area contributed by atoms with Crippen LogP contribution in [0.25, 0.3) is 0 Å². The monoisotopic (exact) mass is 514 g/mol. The maximum absolute atomic E-state index is 13.9. The van der Waals surface area contributed by atoms with Crippen molar-refractivity contribution in [1.29, 1.82) is 0 Å². The number of amides is 3. The Balaban J connectivity index is 1.32. The molecule has 0 radical (unpaired) electrons. The van der Waals surface area contributed by atoms with Crippen molar-refractivity contribution >= 4 is 23.4 Å². The summed E-state index contributed by atoms with van der Waals surface area (Å²) in [5.41, 5.74) is 1.33. The zero-order valence-electron chi connectivity index (χ0n) is 21.3. The van der Waals surface area contributed by atoms with E-state index in [-0.39, 0.29) is 37.0 Å². The number of likely N-dealkylation sites (tertiary alicyclic amines) is 1. The Bertz CT molecular complexity index is 1310. The lowest BCUT2D eigenvalue weighted by atomic mass is 9.85. The number of nitrogens with zero attached hydrogens (tertiary/aromatic N) is 3. The van der Waals surface area contributed by atoms with E-state index in [0.29, 0.717) is 31.5 Å². The van der Waals surface area contributed by atoms with Gasteiger partial charge in [0, 0.05) is 24.3 Å². The van der Waals surface area contributed by atoms with E-state index in [0.717, 1.165) is 11.3 Å². The molecule has 2 aliphatic rings. The van der Waals surface area contributed by atoms with Gasteiger partial charge in [0.25, 0.3) is 11.8 Å². The molecule has 3 amide bonds. The molecule has 2 aliphatic heterocycles. The number of para-hydroxylation sites is 1. The summed E-state index contributed by atoms with van der Waals surface area (Å²) in [6.07, 6.45) is 0.834. The zero-order chi connectivity index (χ0) is 26.7. The molecule has 2 heterocycles. The molecule has 1 unspecified atom stereocenters. The third-order valence-corrected chi connectivity index (χ3v) is 7.54. The molecule has 0 bridgehead atoms. The minimum Gasteiger partial charge on any atom is -0.348 e. The first-order valence-electron chi connectivity index (χ1n) is 12.9. The molecular weight excluding hydrogens is 483 g/mol. The number of benzene rings is 3. The number of hydrogen-bond donors (Lipinski definition) is 1. The molecule has 3 aromatic rings. The highest BCUT2D eigenvalue weighted by Crippen LogP contribution is 2.39.